The lowest BCUT2D eigenvalue weighted by atomic mass is 10.1. The van der Waals surface area contributed by atoms with Crippen LogP contribution in [0.2, 0.25) is 0 Å². The Bertz CT molecular complexity index is 1110. The molecule has 7 heteroatoms. The zero-order valence-electron chi connectivity index (χ0n) is 15.7. The maximum atomic E-state index is 12.1. The van der Waals surface area contributed by atoms with Gasteiger partial charge in [-0.1, -0.05) is 47.1 Å². The van der Waals surface area contributed by atoms with E-state index in [-0.39, 0.29) is 12.5 Å². The standard InChI is InChI=1S/C22H18N4O3/c1-15-6-8-16(9-7-15)21-25-22(29-26-21)18-4-2-3-5-19(18)28-14-20(27)24-17-10-12-23-13-11-17/h2-13H,14H2,1H3,(H,23,24,27). The molecule has 4 aromatic rings. The van der Waals surface area contributed by atoms with Crippen LogP contribution in [0.1, 0.15) is 5.56 Å². The number of hydrogen-bond donors (Lipinski definition) is 1. The first-order valence-electron chi connectivity index (χ1n) is 9.02. The summed E-state index contributed by atoms with van der Waals surface area (Å²) in [5, 5.41) is 6.80. The number of nitrogens with one attached hydrogen (secondary N) is 1. The summed E-state index contributed by atoms with van der Waals surface area (Å²) in [6.07, 6.45) is 3.21. The fourth-order valence-electron chi connectivity index (χ4n) is 2.70. The molecule has 4 rings (SSSR count). The van der Waals surface area contributed by atoms with E-state index in [1.54, 1.807) is 30.6 Å². The number of rotatable bonds is 6. The predicted molar refractivity (Wildman–Crippen MR) is 108 cm³/mol. The Morgan fingerprint density at radius 3 is 2.59 bits per heavy atom. The van der Waals surface area contributed by atoms with Crippen LogP contribution < -0.4 is 10.1 Å². The number of hydrogen-bond acceptors (Lipinski definition) is 6. The van der Waals surface area contributed by atoms with E-state index in [2.05, 4.69) is 20.4 Å². The number of anilines is 1. The Hall–Kier alpha value is -4.00. The zero-order valence-corrected chi connectivity index (χ0v) is 15.7. The van der Waals surface area contributed by atoms with Gasteiger partial charge >= 0.3 is 0 Å². The third-order valence-electron chi connectivity index (χ3n) is 4.18. The molecule has 29 heavy (non-hydrogen) atoms. The van der Waals surface area contributed by atoms with Gasteiger partial charge in [-0.2, -0.15) is 4.98 Å². The van der Waals surface area contributed by atoms with Crippen molar-refractivity contribution in [3.8, 4) is 28.6 Å². The SMILES string of the molecule is Cc1ccc(-c2noc(-c3ccccc3OCC(=O)Nc3ccncc3)n2)cc1. The van der Waals surface area contributed by atoms with Crippen molar-refractivity contribution >= 4 is 11.6 Å². The molecule has 0 unspecified atom stereocenters. The van der Waals surface area contributed by atoms with Crippen LogP contribution in [-0.4, -0.2) is 27.6 Å². The molecule has 1 amide bonds. The minimum absolute atomic E-state index is 0.154. The van der Waals surface area contributed by atoms with Crippen molar-refractivity contribution in [1.82, 2.24) is 15.1 Å². The summed E-state index contributed by atoms with van der Waals surface area (Å²) in [7, 11) is 0. The van der Waals surface area contributed by atoms with E-state index in [1.807, 2.05) is 49.4 Å². The van der Waals surface area contributed by atoms with Crippen LogP contribution in [0, 0.1) is 6.92 Å². The van der Waals surface area contributed by atoms with Crippen LogP contribution in [0.15, 0.2) is 77.6 Å². The van der Waals surface area contributed by atoms with Crippen molar-refractivity contribution in [1.29, 1.82) is 0 Å². The number of benzene rings is 2. The molecule has 0 fully saturated rings. The van der Waals surface area contributed by atoms with Gasteiger partial charge in [0.1, 0.15) is 5.75 Å². The van der Waals surface area contributed by atoms with Gasteiger partial charge in [-0.25, -0.2) is 0 Å². The Kier molecular flexibility index (Phi) is 5.29. The Morgan fingerprint density at radius 1 is 1.03 bits per heavy atom. The van der Waals surface area contributed by atoms with Crippen LogP contribution in [0.3, 0.4) is 0 Å². The third kappa shape index (κ3) is 4.47. The fourth-order valence-corrected chi connectivity index (χ4v) is 2.70. The largest absolute Gasteiger partial charge is 0.483 e. The van der Waals surface area contributed by atoms with Crippen LogP contribution >= 0.6 is 0 Å². The highest BCUT2D eigenvalue weighted by molar-refractivity contribution is 5.91. The minimum atomic E-state index is -0.281. The average Bonchev–Trinajstić information content (AvgIpc) is 3.24. The maximum absolute atomic E-state index is 12.1. The number of para-hydroxylation sites is 1. The summed E-state index contributed by atoms with van der Waals surface area (Å²) >= 11 is 0. The number of nitrogens with zero attached hydrogens (tertiary/aromatic N) is 3. The molecule has 0 atom stereocenters. The fraction of sp³-hybridized carbons (Fsp3) is 0.0909. The number of carbonyl (C=O) groups is 1. The molecule has 0 saturated heterocycles. The summed E-state index contributed by atoms with van der Waals surface area (Å²) in [6.45, 7) is 1.86. The highest BCUT2D eigenvalue weighted by atomic mass is 16.5. The van der Waals surface area contributed by atoms with E-state index in [4.69, 9.17) is 9.26 Å². The highest BCUT2D eigenvalue weighted by Gasteiger charge is 2.15. The van der Waals surface area contributed by atoms with Crippen molar-refractivity contribution in [2.75, 3.05) is 11.9 Å². The Balaban J connectivity index is 1.48. The van der Waals surface area contributed by atoms with E-state index in [1.165, 1.54) is 0 Å². The molecule has 0 bridgehead atoms. The second kappa shape index (κ2) is 8.35. The molecule has 2 aromatic carbocycles. The minimum Gasteiger partial charge on any atom is -0.483 e. The Labute approximate surface area is 167 Å². The number of ether oxygens (including phenoxy) is 1. The lowest BCUT2D eigenvalue weighted by Crippen LogP contribution is -2.20. The molecule has 0 aliphatic carbocycles. The lowest BCUT2D eigenvalue weighted by molar-refractivity contribution is -0.118. The molecule has 0 saturated carbocycles. The molecular weight excluding hydrogens is 368 g/mol. The number of amides is 1. The van der Waals surface area contributed by atoms with Crippen LogP contribution in [0.25, 0.3) is 22.8 Å². The third-order valence-corrected chi connectivity index (χ3v) is 4.18. The van der Waals surface area contributed by atoms with Gasteiger partial charge in [0.25, 0.3) is 11.8 Å². The van der Waals surface area contributed by atoms with Gasteiger partial charge in [-0.15, -0.1) is 0 Å². The van der Waals surface area contributed by atoms with Crippen LogP contribution in [-0.2, 0) is 4.79 Å². The highest BCUT2D eigenvalue weighted by Crippen LogP contribution is 2.30. The average molecular weight is 386 g/mol. The van der Waals surface area contributed by atoms with Gasteiger partial charge in [0.2, 0.25) is 5.82 Å². The summed E-state index contributed by atoms with van der Waals surface area (Å²) in [6, 6.07) is 18.5. The van der Waals surface area contributed by atoms with Gasteiger partial charge in [-0.3, -0.25) is 9.78 Å². The summed E-state index contributed by atoms with van der Waals surface area (Å²) in [4.78, 5) is 20.5. The number of aryl methyl sites for hydroxylation is 1. The monoisotopic (exact) mass is 386 g/mol. The summed E-state index contributed by atoms with van der Waals surface area (Å²) < 4.78 is 11.1. The number of aromatic nitrogens is 3. The predicted octanol–water partition coefficient (Wildman–Crippen LogP) is 4.12. The van der Waals surface area contributed by atoms with E-state index in [0.717, 1.165) is 11.1 Å². The molecule has 2 aromatic heterocycles. The second-order valence-electron chi connectivity index (χ2n) is 6.36. The molecule has 1 N–H and O–H groups in total. The number of carbonyl (C=O) groups excluding carboxylic acids is 1. The molecule has 144 valence electrons. The maximum Gasteiger partial charge on any atom is 0.262 e. The van der Waals surface area contributed by atoms with Crippen LogP contribution in [0.4, 0.5) is 5.69 Å². The lowest BCUT2D eigenvalue weighted by Gasteiger charge is -2.09. The topological polar surface area (TPSA) is 90.1 Å². The smallest absolute Gasteiger partial charge is 0.262 e. The van der Waals surface area contributed by atoms with E-state index < -0.39 is 0 Å². The molecular formula is C22H18N4O3. The molecule has 2 heterocycles. The first-order valence-corrected chi connectivity index (χ1v) is 9.02. The first kappa shape index (κ1) is 18.4. The molecule has 0 spiro atoms. The van der Waals surface area contributed by atoms with Crippen molar-refractivity contribution < 1.29 is 14.1 Å². The molecule has 7 nitrogen and oxygen atoms in total. The van der Waals surface area contributed by atoms with E-state index in [0.29, 0.717) is 28.7 Å². The van der Waals surface area contributed by atoms with Crippen LogP contribution in [0.5, 0.6) is 5.75 Å². The summed E-state index contributed by atoms with van der Waals surface area (Å²) in [5.41, 5.74) is 3.29. The van der Waals surface area contributed by atoms with E-state index in [9.17, 15) is 4.79 Å². The molecule has 0 radical (unpaired) electrons. The van der Waals surface area contributed by atoms with Gasteiger partial charge < -0.3 is 14.6 Å². The van der Waals surface area contributed by atoms with Gasteiger partial charge in [0, 0.05) is 23.6 Å². The second-order valence-corrected chi connectivity index (χ2v) is 6.36. The van der Waals surface area contributed by atoms with E-state index >= 15 is 0 Å². The number of pyridine rings is 1. The zero-order chi connectivity index (χ0) is 20.1. The van der Waals surface area contributed by atoms with Crippen molar-refractivity contribution in [2.45, 2.75) is 6.92 Å². The molecule has 0 aliphatic heterocycles. The molecule has 0 aliphatic rings. The van der Waals surface area contributed by atoms with Crippen molar-refractivity contribution in [2.24, 2.45) is 0 Å². The van der Waals surface area contributed by atoms with Gasteiger partial charge in [0.05, 0.1) is 5.56 Å². The van der Waals surface area contributed by atoms with Crippen molar-refractivity contribution in [3.63, 3.8) is 0 Å². The quantitative estimate of drug-likeness (QED) is 0.536. The normalized spacial score (nSPS) is 10.5. The van der Waals surface area contributed by atoms with Gasteiger partial charge in [0.15, 0.2) is 6.61 Å². The van der Waals surface area contributed by atoms with Gasteiger partial charge in [-0.05, 0) is 31.2 Å². The first-order chi connectivity index (χ1) is 14.2. The summed E-state index contributed by atoms with van der Waals surface area (Å²) in [5.74, 6) is 1.02. The van der Waals surface area contributed by atoms with Crippen molar-refractivity contribution in [3.05, 3.63) is 78.6 Å². The Morgan fingerprint density at radius 2 is 1.79 bits per heavy atom.